The molecule has 0 aliphatic carbocycles. The minimum atomic E-state index is -0.774. The molecule has 1 atom stereocenters. The van der Waals surface area contributed by atoms with Crippen LogP contribution in [0.4, 0.5) is 0 Å². The van der Waals surface area contributed by atoms with Crippen LogP contribution in [0.2, 0.25) is 0 Å². The van der Waals surface area contributed by atoms with Crippen LogP contribution in [0.25, 0.3) is 0 Å². The van der Waals surface area contributed by atoms with Crippen molar-refractivity contribution in [1.82, 2.24) is 0 Å². The fraction of sp³-hybridized carbons (Fsp3) is 0.830. The van der Waals surface area contributed by atoms with Crippen molar-refractivity contribution in [2.45, 2.75) is 271 Å². The van der Waals surface area contributed by atoms with Gasteiger partial charge in [0, 0.05) is 19.3 Å². The Morgan fingerprint density at radius 1 is 0.339 bits per heavy atom. The molecule has 6 heteroatoms. The first-order valence-corrected chi connectivity index (χ1v) is 25.5. The Labute approximate surface area is 365 Å². The van der Waals surface area contributed by atoms with Crippen molar-refractivity contribution in [3.63, 3.8) is 0 Å². The normalized spacial score (nSPS) is 12.3. The van der Waals surface area contributed by atoms with Gasteiger partial charge in [-0.3, -0.25) is 14.4 Å². The van der Waals surface area contributed by atoms with Gasteiger partial charge in [-0.05, 0) is 77.0 Å². The molecule has 0 N–H and O–H groups in total. The molecular weight excluding hydrogens is 733 g/mol. The summed E-state index contributed by atoms with van der Waals surface area (Å²) >= 11 is 0. The average molecular weight is 829 g/mol. The Morgan fingerprint density at radius 3 is 1.00 bits per heavy atom. The molecular formula is C53H96O6. The van der Waals surface area contributed by atoms with Crippen molar-refractivity contribution in [2.24, 2.45) is 0 Å². The maximum Gasteiger partial charge on any atom is 0.306 e. The highest BCUT2D eigenvalue weighted by molar-refractivity contribution is 5.71. The average Bonchev–Trinajstić information content (AvgIpc) is 3.23. The molecule has 344 valence electrons. The number of ether oxygens (including phenoxy) is 3. The van der Waals surface area contributed by atoms with E-state index in [2.05, 4.69) is 57.2 Å². The molecule has 0 fully saturated rings. The number of hydrogen-bond acceptors (Lipinski definition) is 6. The highest BCUT2D eigenvalue weighted by Crippen LogP contribution is 2.15. The van der Waals surface area contributed by atoms with Gasteiger partial charge < -0.3 is 14.2 Å². The van der Waals surface area contributed by atoms with Crippen LogP contribution in [0.15, 0.2) is 36.5 Å². The Hall–Kier alpha value is -2.37. The summed E-state index contributed by atoms with van der Waals surface area (Å²) in [6.45, 7) is 6.59. The molecule has 0 aromatic heterocycles. The van der Waals surface area contributed by atoms with Gasteiger partial charge in [-0.2, -0.15) is 0 Å². The second-order valence-corrected chi connectivity index (χ2v) is 17.1. The molecule has 0 radical (unpaired) electrons. The Morgan fingerprint density at radius 2 is 0.610 bits per heavy atom. The van der Waals surface area contributed by atoms with E-state index in [-0.39, 0.29) is 31.1 Å². The molecule has 0 aromatic carbocycles. The van der Waals surface area contributed by atoms with Crippen LogP contribution in [-0.4, -0.2) is 37.2 Å². The van der Waals surface area contributed by atoms with E-state index < -0.39 is 6.10 Å². The van der Waals surface area contributed by atoms with Crippen LogP contribution in [0.1, 0.15) is 265 Å². The maximum absolute atomic E-state index is 12.7. The highest BCUT2D eigenvalue weighted by Gasteiger charge is 2.19. The summed E-state index contributed by atoms with van der Waals surface area (Å²) in [6.07, 6.45) is 55.5. The second-order valence-electron chi connectivity index (χ2n) is 17.1. The van der Waals surface area contributed by atoms with E-state index >= 15 is 0 Å². The van der Waals surface area contributed by atoms with E-state index in [9.17, 15) is 14.4 Å². The Bertz CT molecular complexity index is 1000. The van der Waals surface area contributed by atoms with E-state index in [1.165, 1.54) is 148 Å². The Kier molecular flexibility index (Phi) is 46.4. The summed E-state index contributed by atoms with van der Waals surface area (Å²) in [6, 6.07) is 0. The van der Waals surface area contributed by atoms with Crippen molar-refractivity contribution in [3.8, 4) is 0 Å². The first kappa shape index (κ1) is 56.6. The fourth-order valence-electron chi connectivity index (χ4n) is 7.23. The van der Waals surface area contributed by atoms with Gasteiger partial charge >= 0.3 is 17.9 Å². The predicted molar refractivity (Wildman–Crippen MR) is 252 cm³/mol. The summed E-state index contributed by atoms with van der Waals surface area (Å²) in [5.74, 6) is -0.887. The molecule has 0 saturated heterocycles. The first-order valence-electron chi connectivity index (χ1n) is 25.5. The van der Waals surface area contributed by atoms with Crippen molar-refractivity contribution in [1.29, 1.82) is 0 Å². The highest BCUT2D eigenvalue weighted by atomic mass is 16.6. The van der Waals surface area contributed by atoms with E-state index in [4.69, 9.17) is 14.2 Å². The number of hydrogen-bond donors (Lipinski definition) is 0. The first-order chi connectivity index (χ1) is 29.0. The van der Waals surface area contributed by atoms with Crippen LogP contribution >= 0.6 is 0 Å². The SMILES string of the molecule is CCCCCC=CCC=CCCCCCCCC(=O)OCC(COC(=O)CCCCCCCCCC=CCCCCCC)OC(=O)CCCCCCCCCCCCC. The Balaban J connectivity index is 4.36. The third-order valence-electron chi connectivity index (χ3n) is 11.1. The number of carbonyl (C=O) groups is 3. The van der Waals surface area contributed by atoms with Crippen molar-refractivity contribution in [3.05, 3.63) is 36.5 Å². The number of unbranched alkanes of at least 4 members (excludes halogenated alkanes) is 29. The zero-order valence-corrected chi connectivity index (χ0v) is 39.3. The lowest BCUT2D eigenvalue weighted by atomic mass is 10.1. The van der Waals surface area contributed by atoms with Gasteiger partial charge in [0.2, 0.25) is 0 Å². The van der Waals surface area contributed by atoms with Gasteiger partial charge in [-0.1, -0.05) is 205 Å². The second kappa shape index (κ2) is 48.3. The molecule has 0 spiro atoms. The fourth-order valence-corrected chi connectivity index (χ4v) is 7.23. The molecule has 0 bridgehead atoms. The number of carbonyl (C=O) groups excluding carboxylic acids is 3. The minimum absolute atomic E-state index is 0.0764. The molecule has 0 aromatic rings. The van der Waals surface area contributed by atoms with Crippen LogP contribution in [0, 0.1) is 0 Å². The molecule has 0 aliphatic heterocycles. The zero-order chi connectivity index (χ0) is 43.0. The lowest BCUT2D eigenvalue weighted by Crippen LogP contribution is -2.30. The third-order valence-corrected chi connectivity index (χ3v) is 11.1. The third kappa shape index (κ3) is 46.5. The minimum Gasteiger partial charge on any atom is -0.462 e. The summed E-state index contributed by atoms with van der Waals surface area (Å²) in [4.78, 5) is 37.9. The standard InChI is InChI=1S/C53H96O6/c1-4-7-10-13-16-19-22-24-26-28-31-33-36-39-42-45-51(54)57-48-50(59-53(56)47-44-41-38-35-30-21-18-15-12-9-6-3)49-58-52(55)46-43-40-37-34-32-29-27-25-23-20-17-14-11-8-5-2/h16,19-20,23-24,26,50H,4-15,17-18,21-22,25,27-49H2,1-3H3. The molecule has 1 unspecified atom stereocenters. The van der Waals surface area contributed by atoms with Gasteiger partial charge in [-0.15, -0.1) is 0 Å². The van der Waals surface area contributed by atoms with Gasteiger partial charge in [0.05, 0.1) is 0 Å². The summed E-state index contributed by atoms with van der Waals surface area (Å²) in [7, 11) is 0. The van der Waals surface area contributed by atoms with Gasteiger partial charge in [0.15, 0.2) is 6.10 Å². The molecule has 0 amide bonds. The van der Waals surface area contributed by atoms with Crippen LogP contribution in [0.5, 0.6) is 0 Å². The summed E-state index contributed by atoms with van der Waals surface area (Å²) in [5.41, 5.74) is 0. The van der Waals surface area contributed by atoms with Crippen LogP contribution < -0.4 is 0 Å². The maximum atomic E-state index is 12.7. The van der Waals surface area contributed by atoms with E-state index in [1.807, 2.05) is 0 Å². The van der Waals surface area contributed by atoms with Gasteiger partial charge in [-0.25, -0.2) is 0 Å². The quantitative estimate of drug-likeness (QED) is 0.0263. The van der Waals surface area contributed by atoms with E-state index in [1.54, 1.807) is 0 Å². The molecule has 59 heavy (non-hydrogen) atoms. The van der Waals surface area contributed by atoms with Crippen LogP contribution in [0.3, 0.4) is 0 Å². The lowest BCUT2D eigenvalue weighted by Gasteiger charge is -2.18. The smallest absolute Gasteiger partial charge is 0.306 e. The topological polar surface area (TPSA) is 78.9 Å². The number of esters is 3. The zero-order valence-electron chi connectivity index (χ0n) is 39.3. The number of allylic oxidation sites excluding steroid dienone is 6. The van der Waals surface area contributed by atoms with E-state index in [0.717, 1.165) is 77.0 Å². The number of rotatable bonds is 46. The monoisotopic (exact) mass is 829 g/mol. The summed E-state index contributed by atoms with van der Waals surface area (Å²) < 4.78 is 16.8. The summed E-state index contributed by atoms with van der Waals surface area (Å²) in [5, 5.41) is 0. The van der Waals surface area contributed by atoms with Gasteiger partial charge in [0.1, 0.15) is 13.2 Å². The molecule has 0 heterocycles. The largest absolute Gasteiger partial charge is 0.462 e. The lowest BCUT2D eigenvalue weighted by molar-refractivity contribution is -0.167. The van der Waals surface area contributed by atoms with E-state index in [0.29, 0.717) is 19.3 Å². The predicted octanol–water partition coefficient (Wildman–Crippen LogP) is 16.5. The van der Waals surface area contributed by atoms with Gasteiger partial charge in [0.25, 0.3) is 0 Å². The van der Waals surface area contributed by atoms with Crippen molar-refractivity contribution in [2.75, 3.05) is 13.2 Å². The van der Waals surface area contributed by atoms with Crippen LogP contribution in [-0.2, 0) is 28.6 Å². The van der Waals surface area contributed by atoms with Crippen molar-refractivity contribution < 1.29 is 28.6 Å². The molecule has 0 saturated carbocycles. The van der Waals surface area contributed by atoms with Crippen molar-refractivity contribution >= 4 is 17.9 Å². The molecule has 6 nitrogen and oxygen atoms in total. The molecule has 0 aliphatic rings. The molecule has 0 rings (SSSR count).